The second-order valence-electron chi connectivity index (χ2n) is 4.71. The smallest absolute Gasteiger partial charge is 0.251 e. The molecule has 1 aromatic rings. The summed E-state index contributed by atoms with van der Waals surface area (Å²) in [5.41, 5.74) is 1.26. The number of carbonyl (C=O) groups is 2. The molecule has 0 spiro atoms. The lowest BCUT2D eigenvalue weighted by Gasteiger charge is -2.11. The van der Waals surface area contributed by atoms with Crippen molar-refractivity contribution < 1.29 is 9.59 Å². The van der Waals surface area contributed by atoms with E-state index >= 15 is 0 Å². The SMILES string of the molecule is C=CCNC(=O)c1ccc(NC(=O)[C@@H]2CCCN2)cc1. The number of amides is 2. The maximum atomic E-state index is 11.9. The number of nitrogens with one attached hydrogen (secondary N) is 3. The van der Waals surface area contributed by atoms with Crippen molar-refractivity contribution in [1.29, 1.82) is 0 Å². The van der Waals surface area contributed by atoms with E-state index in [-0.39, 0.29) is 17.9 Å². The fraction of sp³-hybridized carbons (Fsp3) is 0.333. The van der Waals surface area contributed by atoms with Crippen molar-refractivity contribution in [1.82, 2.24) is 10.6 Å². The number of anilines is 1. The first-order valence-corrected chi connectivity index (χ1v) is 6.74. The molecule has 5 heteroatoms. The zero-order valence-corrected chi connectivity index (χ0v) is 11.3. The Morgan fingerprint density at radius 3 is 2.70 bits per heavy atom. The minimum absolute atomic E-state index is 0.0219. The topological polar surface area (TPSA) is 70.2 Å². The van der Waals surface area contributed by atoms with Crippen LogP contribution in [0.15, 0.2) is 36.9 Å². The Morgan fingerprint density at radius 2 is 2.10 bits per heavy atom. The summed E-state index contributed by atoms with van der Waals surface area (Å²) in [6.45, 7) is 4.87. The molecule has 1 heterocycles. The molecule has 1 fully saturated rings. The van der Waals surface area contributed by atoms with Crippen LogP contribution in [-0.4, -0.2) is 30.9 Å². The van der Waals surface area contributed by atoms with Crippen molar-refractivity contribution in [3.63, 3.8) is 0 Å². The van der Waals surface area contributed by atoms with Crippen molar-refractivity contribution >= 4 is 17.5 Å². The Morgan fingerprint density at radius 1 is 1.35 bits per heavy atom. The molecule has 1 atom stereocenters. The lowest BCUT2D eigenvalue weighted by molar-refractivity contribution is -0.117. The summed E-state index contributed by atoms with van der Waals surface area (Å²) in [6.07, 6.45) is 3.52. The second kappa shape index (κ2) is 6.86. The Hall–Kier alpha value is -2.14. The van der Waals surface area contributed by atoms with E-state index in [9.17, 15) is 9.59 Å². The highest BCUT2D eigenvalue weighted by Crippen LogP contribution is 2.12. The highest BCUT2D eigenvalue weighted by atomic mass is 16.2. The van der Waals surface area contributed by atoms with Gasteiger partial charge in [0.25, 0.3) is 5.91 Å². The zero-order chi connectivity index (χ0) is 14.4. The first-order valence-electron chi connectivity index (χ1n) is 6.74. The Kier molecular flexibility index (Phi) is 4.90. The van der Waals surface area contributed by atoms with E-state index in [1.807, 2.05) is 0 Å². The van der Waals surface area contributed by atoms with Gasteiger partial charge in [0.1, 0.15) is 0 Å². The number of rotatable bonds is 5. The molecule has 0 aromatic heterocycles. The molecule has 2 rings (SSSR count). The monoisotopic (exact) mass is 273 g/mol. The van der Waals surface area contributed by atoms with Gasteiger partial charge in [-0.2, -0.15) is 0 Å². The molecule has 0 unspecified atom stereocenters. The maximum Gasteiger partial charge on any atom is 0.251 e. The molecule has 20 heavy (non-hydrogen) atoms. The summed E-state index contributed by atoms with van der Waals surface area (Å²) < 4.78 is 0. The Labute approximate surface area is 118 Å². The second-order valence-corrected chi connectivity index (χ2v) is 4.71. The summed E-state index contributed by atoms with van der Waals surface area (Å²) in [7, 11) is 0. The van der Waals surface area contributed by atoms with Crippen LogP contribution in [0, 0.1) is 0 Å². The van der Waals surface area contributed by atoms with Crippen LogP contribution in [-0.2, 0) is 4.79 Å². The lowest BCUT2D eigenvalue weighted by atomic mass is 10.1. The molecule has 3 N–H and O–H groups in total. The third kappa shape index (κ3) is 3.68. The standard InChI is InChI=1S/C15H19N3O2/c1-2-9-17-14(19)11-5-7-12(8-6-11)18-15(20)13-4-3-10-16-13/h2,5-8,13,16H,1,3-4,9-10H2,(H,17,19)(H,18,20)/t13-/m0/s1. The predicted octanol–water partition coefficient (Wildman–Crippen LogP) is 1.29. The molecule has 106 valence electrons. The van der Waals surface area contributed by atoms with Crippen molar-refractivity contribution in [3.8, 4) is 0 Å². The molecule has 1 saturated heterocycles. The van der Waals surface area contributed by atoms with Crippen LogP contribution in [0.25, 0.3) is 0 Å². The molecule has 1 aromatic carbocycles. The highest BCUT2D eigenvalue weighted by molar-refractivity contribution is 5.97. The number of hydrogen-bond donors (Lipinski definition) is 3. The third-order valence-electron chi connectivity index (χ3n) is 3.20. The van der Waals surface area contributed by atoms with Gasteiger partial charge >= 0.3 is 0 Å². The summed E-state index contributed by atoms with van der Waals surface area (Å²) >= 11 is 0. The molecule has 5 nitrogen and oxygen atoms in total. The van der Waals surface area contributed by atoms with Gasteiger partial charge in [-0.15, -0.1) is 6.58 Å². The van der Waals surface area contributed by atoms with Crippen LogP contribution in [0.2, 0.25) is 0 Å². The van der Waals surface area contributed by atoms with Gasteiger partial charge in [0, 0.05) is 17.8 Å². The van der Waals surface area contributed by atoms with Crippen LogP contribution < -0.4 is 16.0 Å². The minimum atomic E-state index is -0.153. The first-order chi connectivity index (χ1) is 9.70. The van der Waals surface area contributed by atoms with Crippen molar-refractivity contribution in [2.75, 3.05) is 18.4 Å². The first kappa shape index (κ1) is 14.3. The van der Waals surface area contributed by atoms with Gasteiger partial charge in [0.2, 0.25) is 5.91 Å². The van der Waals surface area contributed by atoms with Crippen LogP contribution in [0.3, 0.4) is 0 Å². The van der Waals surface area contributed by atoms with Crippen LogP contribution >= 0.6 is 0 Å². The molecule has 2 amide bonds. The van der Waals surface area contributed by atoms with E-state index in [1.54, 1.807) is 30.3 Å². The highest BCUT2D eigenvalue weighted by Gasteiger charge is 2.21. The van der Waals surface area contributed by atoms with Crippen LogP contribution in [0.4, 0.5) is 5.69 Å². The van der Waals surface area contributed by atoms with E-state index in [0.717, 1.165) is 19.4 Å². The van der Waals surface area contributed by atoms with Gasteiger partial charge in [-0.05, 0) is 43.7 Å². The van der Waals surface area contributed by atoms with E-state index in [1.165, 1.54) is 0 Å². The van der Waals surface area contributed by atoms with Crippen molar-refractivity contribution in [2.45, 2.75) is 18.9 Å². The van der Waals surface area contributed by atoms with Crippen molar-refractivity contribution in [3.05, 3.63) is 42.5 Å². The van der Waals surface area contributed by atoms with E-state index in [2.05, 4.69) is 22.5 Å². The number of benzene rings is 1. The Bertz CT molecular complexity index is 490. The average molecular weight is 273 g/mol. The van der Waals surface area contributed by atoms with Gasteiger partial charge < -0.3 is 16.0 Å². The molecule has 0 radical (unpaired) electrons. The number of carbonyl (C=O) groups excluding carboxylic acids is 2. The zero-order valence-electron chi connectivity index (χ0n) is 11.3. The predicted molar refractivity (Wildman–Crippen MR) is 78.6 cm³/mol. The van der Waals surface area contributed by atoms with Crippen molar-refractivity contribution in [2.24, 2.45) is 0 Å². The quantitative estimate of drug-likeness (QED) is 0.708. The van der Waals surface area contributed by atoms with E-state index < -0.39 is 0 Å². The van der Waals surface area contributed by atoms with Gasteiger partial charge in [0.05, 0.1) is 6.04 Å². The minimum Gasteiger partial charge on any atom is -0.349 e. The number of hydrogen-bond acceptors (Lipinski definition) is 3. The molecule has 0 saturated carbocycles. The molecule has 0 aliphatic carbocycles. The third-order valence-corrected chi connectivity index (χ3v) is 3.20. The van der Waals surface area contributed by atoms with E-state index in [0.29, 0.717) is 17.8 Å². The lowest BCUT2D eigenvalue weighted by Crippen LogP contribution is -2.35. The summed E-state index contributed by atoms with van der Waals surface area (Å²) in [6, 6.07) is 6.74. The van der Waals surface area contributed by atoms with Crippen LogP contribution in [0.1, 0.15) is 23.2 Å². The van der Waals surface area contributed by atoms with Gasteiger partial charge in [-0.3, -0.25) is 9.59 Å². The summed E-state index contributed by atoms with van der Waals surface area (Å²) in [4.78, 5) is 23.6. The average Bonchev–Trinajstić information content (AvgIpc) is 3.00. The molecular weight excluding hydrogens is 254 g/mol. The molecule has 0 bridgehead atoms. The normalized spacial score (nSPS) is 17.5. The fourth-order valence-electron chi connectivity index (χ4n) is 2.11. The van der Waals surface area contributed by atoms with Crippen LogP contribution in [0.5, 0.6) is 0 Å². The molecule has 1 aliphatic rings. The largest absolute Gasteiger partial charge is 0.349 e. The van der Waals surface area contributed by atoms with Gasteiger partial charge in [0.15, 0.2) is 0 Å². The summed E-state index contributed by atoms with van der Waals surface area (Å²) in [5.74, 6) is -0.174. The maximum absolute atomic E-state index is 11.9. The van der Waals surface area contributed by atoms with Gasteiger partial charge in [-0.25, -0.2) is 0 Å². The summed E-state index contributed by atoms with van der Waals surface area (Å²) in [5, 5.41) is 8.69. The fourth-order valence-corrected chi connectivity index (χ4v) is 2.11. The van der Waals surface area contributed by atoms with Gasteiger partial charge in [-0.1, -0.05) is 6.08 Å². The molecule has 1 aliphatic heterocycles. The Balaban J connectivity index is 1.92. The molecular formula is C15H19N3O2. The van der Waals surface area contributed by atoms with E-state index in [4.69, 9.17) is 0 Å².